The van der Waals surface area contributed by atoms with Crippen LogP contribution in [0.5, 0.6) is 5.88 Å². The van der Waals surface area contributed by atoms with Crippen molar-refractivity contribution in [1.29, 1.82) is 0 Å². The molecule has 2 aromatic heterocycles. The molecule has 0 aliphatic heterocycles. The van der Waals surface area contributed by atoms with Gasteiger partial charge >= 0.3 is 0 Å². The smallest absolute Gasteiger partial charge is 0.283 e. The van der Waals surface area contributed by atoms with Crippen LogP contribution in [0.4, 0.5) is 5.69 Å². The number of methoxy groups -OCH3 is 1. The fourth-order valence-corrected chi connectivity index (χ4v) is 1.76. The zero-order valence-corrected chi connectivity index (χ0v) is 9.61. The quantitative estimate of drug-likeness (QED) is 0.867. The van der Waals surface area contributed by atoms with E-state index in [4.69, 9.17) is 14.9 Å². The maximum absolute atomic E-state index is 5.77. The van der Waals surface area contributed by atoms with Gasteiger partial charge in [0.25, 0.3) is 5.22 Å². The lowest BCUT2D eigenvalue weighted by Gasteiger charge is -2.03. The van der Waals surface area contributed by atoms with E-state index in [2.05, 4.69) is 15.2 Å². The Morgan fingerprint density at radius 3 is 2.81 bits per heavy atom. The van der Waals surface area contributed by atoms with Crippen LogP contribution in [0, 0.1) is 6.92 Å². The standard InChI is InChI=1S/C9H10N4O2S/c1-5-12-13-9(15-5)16-8-6(10)3-4-7(11-8)14-2/h3-4H,10H2,1-2H3. The minimum absolute atomic E-state index is 0.407. The van der Waals surface area contributed by atoms with Gasteiger partial charge in [-0.2, -0.15) is 0 Å². The Hall–Kier alpha value is -1.76. The molecule has 0 saturated carbocycles. The predicted octanol–water partition coefficient (Wildman–Crippen LogP) is 1.52. The van der Waals surface area contributed by atoms with Crippen molar-refractivity contribution in [2.75, 3.05) is 12.8 Å². The van der Waals surface area contributed by atoms with Crippen molar-refractivity contribution >= 4 is 17.4 Å². The van der Waals surface area contributed by atoms with Gasteiger partial charge in [-0.15, -0.1) is 10.2 Å². The van der Waals surface area contributed by atoms with E-state index in [1.807, 2.05) is 0 Å². The Morgan fingerprint density at radius 2 is 2.19 bits per heavy atom. The van der Waals surface area contributed by atoms with Gasteiger partial charge in [0.1, 0.15) is 5.03 Å². The number of aryl methyl sites for hydroxylation is 1. The lowest BCUT2D eigenvalue weighted by atomic mass is 10.4. The average Bonchev–Trinajstić information content (AvgIpc) is 2.67. The highest BCUT2D eigenvalue weighted by Gasteiger charge is 2.10. The number of hydrogen-bond donors (Lipinski definition) is 1. The zero-order chi connectivity index (χ0) is 11.5. The topological polar surface area (TPSA) is 87.1 Å². The minimum atomic E-state index is 0.407. The van der Waals surface area contributed by atoms with Gasteiger partial charge in [-0.25, -0.2) is 4.98 Å². The van der Waals surface area contributed by atoms with Crippen LogP contribution in [-0.2, 0) is 0 Å². The molecule has 0 bridgehead atoms. The molecule has 84 valence electrons. The Kier molecular flexibility index (Phi) is 2.95. The molecule has 16 heavy (non-hydrogen) atoms. The van der Waals surface area contributed by atoms with E-state index in [0.717, 1.165) is 0 Å². The second kappa shape index (κ2) is 4.40. The predicted molar refractivity (Wildman–Crippen MR) is 58.4 cm³/mol. The van der Waals surface area contributed by atoms with E-state index >= 15 is 0 Å². The summed E-state index contributed by atoms with van der Waals surface area (Å²) >= 11 is 1.21. The average molecular weight is 238 g/mol. The molecule has 0 fully saturated rings. The minimum Gasteiger partial charge on any atom is -0.481 e. The maximum Gasteiger partial charge on any atom is 0.283 e. The first-order valence-electron chi connectivity index (χ1n) is 4.47. The highest BCUT2D eigenvalue weighted by molar-refractivity contribution is 7.99. The summed E-state index contributed by atoms with van der Waals surface area (Å²) in [6.07, 6.45) is 0. The number of ether oxygens (including phenoxy) is 1. The largest absolute Gasteiger partial charge is 0.481 e. The van der Waals surface area contributed by atoms with Crippen molar-refractivity contribution in [3.05, 3.63) is 18.0 Å². The molecule has 0 radical (unpaired) electrons. The molecular weight excluding hydrogens is 228 g/mol. The third kappa shape index (κ3) is 2.25. The molecule has 7 heteroatoms. The molecule has 0 aliphatic carbocycles. The summed E-state index contributed by atoms with van der Waals surface area (Å²) in [5, 5.41) is 8.56. The molecule has 0 aromatic carbocycles. The van der Waals surface area contributed by atoms with E-state index in [9.17, 15) is 0 Å². The number of nitrogens with two attached hydrogens (primary N) is 1. The summed E-state index contributed by atoms with van der Waals surface area (Å²) in [6.45, 7) is 1.72. The summed E-state index contributed by atoms with van der Waals surface area (Å²) in [5.41, 5.74) is 6.31. The molecule has 0 atom stereocenters. The Bertz CT molecular complexity index is 500. The van der Waals surface area contributed by atoms with E-state index in [1.54, 1.807) is 26.2 Å². The van der Waals surface area contributed by atoms with Crippen LogP contribution in [0.3, 0.4) is 0 Å². The van der Waals surface area contributed by atoms with Gasteiger partial charge in [-0.1, -0.05) is 0 Å². The Labute approximate surface area is 96.2 Å². The van der Waals surface area contributed by atoms with Crippen LogP contribution < -0.4 is 10.5 Å². The summed E-state index contributed by atoms with van der Waals surface area (Å²) in [4.78, 5) is 4.18. The van der Waals surface area contributed by atoms with Gasteiger partial charge in [0.15, 0.2) is 0 Å². The summed E-state index contributed by atoms with van der Waals surface area (Å²) in [5.74, 6) is 0.997. The molecule has 2 rings (SSSR count). The summed E-state index contributed by atoms with van der Waals surface area (Å²) in [7, 11) is 1.55. The van der Waals surface area contributed by atoms with E-state index in [0.29, 0.717) is 27.7 Å². The molecule has 2 N–H and O–H groups in total. The van der Waals surface area contributed by atoms with E-state index < -0.39 is 0 Å². The van der Waals surface area contributed by atoms with E-state index in [-0.39, 0.29) is 0 Å². The van der Waals surface area contributed by atoms with Crippen LogP contribution >= 0.6 is 11.8 Å². The molecule has 0 aliphatic rings. The molecule has 2 aromatic rings. The number of pyridine rings is 1. The SMILES string of the molecule is COc1ccc(N)c(Sc2nnc(C)o2)n1. The fourth-order valence-electron chi connectivity index (χ4n) is 1.03. The molecule has 0 spiro atoms. The van der Waals surface area contributed by atoms with E-state index in [1.165, 1.54) is 11.8 Å². The van der Waals surface area contributed by atoms with Crippen LogP contribution in [0.25, 0.3) is 0 Å². The number of hydrogen-bond acceptors (Lipinski definition) is 7. The van der Waals surface area contributed by atoms with Crippen LogP contribution in [0.2, 0.25) is 0 Å². The first-order chi connectivity index (χ1) is 7.69. The molecule has 6 nitrogen and oxygen atoms in total. The lowest BCUT2D eigenvalue weighted by molar-refractivity contribution is 0.394. The number of nitrogens with zero attached hydrogens (tertiary/aromatic N) is 3. The molecule has 0 amide bonds. The van der Waals surface area contributed by atoms with Crippen molar-refractivity contribution in [1.82, 2.24) is 15.2 Å². The highest BCUT2D eigenvalue weighted by atomic mass is 32.2. The molecule has 0 unspecified atom stereocenters. The van der Waals surface area contributed by atoms with Gasteiger partial charge in [0, 0.05) is 13.0 Å². The molecule has 2 heterocycles. The number of anilines is 1. The number of nitrogen functional groups attached to an aromatic ring is 1. The fraction of sp³-hybridized carbons (Fsp3) is 0.222. The van der Waals surface area contributed by atoms with Crippen molar-refractivity contribution in [3.8, 4) is 5.88 Å². The van der Waals surface area contributed by atoms with Gasteiger partial charge in [-0.05, 0) is 17.8 Å². The van der Waals surface area contributed by atoms with Gasteiger partial charge in [-0.3, -0.25) is 0 Å². The second-order valence-electron chi connectivity index (χ2n) is 2.94. The van der Waals surface area contributed by atoms with Gasteiger partial charge in [0.2, 0.25) is 11.8 Å². The third-order valence-corrected chi connectivity index (χ3v) is 2.62. The molecular formula is C9H10N4O2S. The monoisotopic (exact) mass is 238 g/mol. The van der Waals surface area contributed by atoms with Crippen molar-refractivity contribution in [3.63, 3.8) is 0 Å². The number of aromatic nitrogens is 3. The van der Waals surface area contributed by atoms with Crippen molar-refractivity contribution in [2.45, 2.75) is 17.2 Å². The maximum atomic E-state index is 5.77. The van der Waals surface area contributed by atoms with Crippen LogP contribution in [0.1, 0.15) is 5.89 Å². The molecule has 0 saturated heterocycles. The summed E-state index contributed by atoms with van der Waals surface area (Å²) in [6, 6.07) is 3.41. The Balaban J connectivity index is 2.26. The number of rotatable bonds is 3. The van der Waals surface area contributed by atoms with Crippen molar-refractivity contribution < 1.29 is 9.15 Å². The first kappa shape index (κ1) is 10.7. The van der Waals surface area contributed by atoms with Crippen molar-refractivity contribution in [2.24, 2.45) is 0 Å². The summed E-state index contributed by atoms with van der Waals surface area (Å²) < 4.78 is 10.2. The highest BCUT2D eigenvalue weighted by Crippen LogP contribution is 2.30. The Morgan fingerprint density at radius 1 is 1.38 bits per heavy atom. The van der Waals surface area contributed by atoms with Gasteiger partial charge < -0.3 is 14.9 Å². The zero-order valence-electron chi connectivity index (χ0n) is 8.80. The lowest BCUT2D eigenvalue weighted by Crippen LogP contribution is -1.94. The second-order valence-corrected chi connectivity index (χ2v) is 3.88. The van der Waals surface area contributed by atoms with Crippen LogP contribution in [-0.4, -0.2) is 22.3 Å². The van der Waals surface area contributed by atoms with Gasteiger partial charge in [0.05, 0.1) is 12.8 Å². The first-order valence-corrected chi connectivity index (χ1v) is 5.29. The normalized spacial score (nSPS) is 10.4. The van der Waals surface area contributed by atoms with Crippen LogP contribution in [0.15, 0.2) is 26.8 Å². The third-order valence-electron chi connectivity index (χ3n) is 1.76.